The number of hydrogen-bond acceptors (Lipinski definition) is 2. The van der Waals surface area contributed by atoms with Crippen LogP contribution in [0.2, 0.25) is 0 Å². The van der Waals surface area contributed by atoms with Crippen LogP contribution < -0.4 is 5.32 Å². The average molecular weight is 339 g/mol. The monoisotopic (exact) mass is 338 g/mol. The van der Waals surface area contributed by atoms with E-state index < -0.39 is 6.04 Å². The Morgan fingerprint density at radius 1 is 1.25 bits per heavy atom. The molecule has 0 aliphatic carbocycles. The number of likely N-dealkylation sites (tertiary alicyclic amines) is 1. The van der Waals surface area contributed by atoms with Gasteiger partial charge in [-0.1, -0.05) is 22.0 Å². The van der Waals surface area contributed by atoms with Crippen molar-refractivity contribution >= 4 is 27.7 Å². The maximum Gasteiger partial charge on any atom is 0.251 e. The van der Waals surface area contributed by atoms with Crippen molar-refractivity contribution in [1.82, 2.24) is 10.2 Å². The standard InChI is InChI=1S/C15H19BrN2O2/c1-11(15(20)18-8-3-2-4-9-18)17-14(19)12-6-5-7-13(16)10-12/h5-7,10-11H,2-4,8-9H2,1H3,(H,17,19). The molecule has 20 heavy (non-hydrogen) atoms. The van der Waals surface area contributed by atoms with Crippen LogP contribution in [-0.4, -0.2) is 35.8 Å². The molecular weight excluding hydrogens is 320 g/mol. The molecular formula is C15H19BrN2O2. The normalized spacial score (nSPS) is 16.6. The number of benzene rings is 1. The Bertz CT molecular complexity index is 498. The second-order valence-electron chi connectivity index (χ2n) is 5.09. The van der Waals surface area contributed by atoms with Crippen molar-refractivity contribution in [1.29, 1.82) is 0 Å². The van der Waals surface area contributed by atoms with Crippen molar-refractivity contribution in [3.63, 3.8) is 0 Å². The number of rotatable bonds is 3. The van der Waals surface area contributed by atoms with E-state index in [-0.39, 0.29) is 11.8 Å². The van der Waals surface area contributed by atoms with Gasteiger partial charge >= 0.3 is 0 Å². The van der Waals surface area contributed by atoms with E-state index in [0.717, 1.165) is 30.4 Å². The highest BCUT2D eigenvalue weighted by Crippen LogP contribution is 2.13. The molecule has 1 aliphatic heterocycles. The van der Waals surface area contributed by atoms with Gasteiger partial charge in [0.25, 0.3) is 5.91 Å². The molecule has 1 saturated heterocycles. The maximum absolute atomic E-state index is 12.2. The second-order valence-corrected chi connectivity index (χ2v) is 6.01. The summed E-state index contributed by atoms with van der Waals surface area (Å²) in [4.78, 5) is 26.2. The number of hydrogen-bond donors (Lipinski definition) is 1. The van der Waals surface area contributed by atoms with Gasteiger partial charge < -0.3 is 10.2 Å². The van der Waals surface area contributed by atoms with Gasteiger partial charge in [0, 0.05) is 23.1 Å². The largest absolute Gasteiger partial charge is 0.341 e. The quantitative estimate of drug-likeness (QED) is 0.920. The molecule has 0 radical (unpaired) electrons. The van der Waals surface area contributed by atoms with E-state index in [2.05, 4.69) is 21.2 Å². The van der Waals surface area contributed by atoms with Crippen LogP contribution in [0.15, 0.2) is 28.7 Å². The molecule has 5 heteroatoms. The van der Waals surface area contributed by atoms with E-state index in [9.17, 15) is 9.59 Å². The van der Waals surface area contributed by atoms with Gasteiger partial charge in [0.05, 0.1) is 0 Å². The van der Waals surface area contributed by atoms with Crippen molar-refractivity contribution in [2.75, 3.05) is 13.1 Å². The van der Waals surface area contributed by atoms with E-state index in [1.165, 1.54) is 6.42 Å². The van der Waals surface area contributed by atoms with Crippen molar-refractivity contribution in [2.45, 2.75) is 32.2 Å². The molecule has 0 bridgehead atoms. The predicted octanol–water partition coefficient (Wildman–Crippen LogP) is 2.58. The first kappa shape index (κ1) is 15.0. The molecule has 108 valence electrons. The fraction of sp³-hybridized carbons (Fsp3) is 0.467. The Balaban J connectivity index is 1.94. The molecule has 1 aliphatic rings. The van der Waals surface area contributed by atoms with Crippen molar-refractivity contribution in [3.05, 3.63) is 34.3 Å². The number of piperidine rings is 1. The summed E-state index contributed by atoms with van der Waals surface area (Å²) in [6.07, 6.45) is 3.29. The molecule has 1 atom stereocenters. The zero-order valence-electron chi connectivity index (χ0n) is 11.6. The third kappa shape index (κ3) is 3.82. The molecule has 2 amide bonds. The minimum Gasteiger partial charge on any atom is -0.341 e. The van der Waals surface area contributed by atoms with Gasteiger partial charge in [-0.25, -0.2) is 0 Å². The first-order chi connectivity index (χ1) is 9.58. The summed E-state index contributed by atoms with van der Waals surface area (Å²) in [7, 11) is 0. The number of carbonyl (C=O) groups is 2. The lowest BCUT2D eigenvalue weighted by molar-refractivity contribution is -0.133. The molecule has 1 aromatic rings. The summed E-state index contributed by atoms with van der Waals surface area (Å²) in [6.45, 7) is 3.35. The summed E-state index contributed by atoms with van der Waals surface area (Å²) in [5.41, 5.74) is 0.553. The summed E-state index contributed by atoms with van der Waals surface area (Å²) < 4.78 is 0.847. The third-order valence-corrected chi connectivity index (χ3v) is 3.97. The molecule has 0 saturated carbocycles. The van der Waals surface area contributed by atoms with Gasteiger partial charge in [0.15, 0.2) is 0 Å². The van der Waals surface area contributed by atoms with E-state index >= 15 is 0 Å². The van der Waals surface area contributed by atoms with Gasteiger partial charge in [-0.2, -0.15) is 0 Å². The zero-order valence-corrected chi connectivity index (χ0v) is 13.1. The Morgan fingerprint density at radius 2 is 1.95 bits per heavy atom. The highest BCUT2D eigenvalue weighted by molar-refractivity contribution is 9.10. The van der Waals surface area contributed by atoms with Crippen LogP contribution >= 0.6 is 15.9 Å². The number of nitrogens with one attached hydrogen (secondary N) is 1. The first-order valence-corrected chi connectivity index (χ1v) is 7.72. The molecule has 2 rings (SSSR count). The lowest BCUT2D eigenvalue weighted by Gasteiger charge is -2.29. The summed E-state index contributed by atoms with van der Waals surface area (Å²) >= 11 is 3.33. The van der Waals surface area contributed by atoms with Crippen LogP contribution in [0.3, 0.4) is 0 Å². The molecule has 0 aromatic heterocycles. The fourth-order valence-corrected chi connectivity index (χ4v) is 2.76. The minimum absolute atomic E-state index is 0.00745. The van der Waals surface area contributed by atoms with Gasteiger partial charge in [-0.15, -0.1) is 0 Å². The SMILES string of the molecule is CC(NC(=O)c1cccc(Br)c1)C(=O)N1CCCCC1. The minimum atomic E-state index is -0.486. The van der Waals surface area contributed by atoms with Crippen LogP contribution in [0.4, 0.5) is 0 Å². The van der Waals surface area contributed by atoms with E-state index in [0.29, 0.717) is 5.56 Å². The van der Waals surface area contributed by atoms with Crippen LogP contribution in [0, 0.1) is 0 Å². The lowest BCUT2D eigenvalue weighted by atomic mass is 10.1. The van der Waals surface area contributed by atoms with Crippen LogP contribution in [0.5, 0.6) is 0 Å². The van der Waals surface area contributed by atoms with E-state index in [1.807, 2.05) is 11.0 Å². The van der Waals surface area contributed by atoms with Crippen LogP contribution in [-0.2, 0) is 4.79 Å². The van der Waals surface area contributed by atoms with Crippen molar-refractivity contribution in [3.8, 4) is 0 Å². The predicted molar refractivity (Wildman–Crippen MR) is 81.5 cm³/mol. The first-order valence-electron chi connectivity index (χ1n) is 6.93. The maximum atomic E-state index is 12.2. The van der Waals surface area contributed by atoms with E-state index in [4.69, 9.17) is 0 Å². The molecule has 0 spiro atoms. The average Bonchev–Trinajstić information content (AvgIpc) is 2.47. The Labute approximate surface area is 127 Å². The molecule has 1 aromatic carbocycles. The summed E-state index contributed by atoms with van der Waals surface area (Å²) in [6, 6.07) is 6.65. The van der Waals surface area contributed by atoms with Crippen LogP contribution in [0.25, 0.3) is 0 Å². The molecule has 1 fully saturated rings. The number of amides is 2. The second kappa shape index (κ2) is 6.88. The van der Waals surface area contributed by atoms with Crippen molar-refractivity contribution < 1.29 is 9.59 Å². The highest BCUT2D eigenvalue weighted by atomic mass is 79.9. The summed E-state index contributed by atoms with van der Waals surface area (Å²) in [5.74, 6) is -0.211. The van der Waals surface area contributed by atoms with Gasteiger partial charge in [-0.3, -0.25) is 9.59 Å². The van der Waals surface area contributed by atoms with E-state index in [1.54, 1.807) is 25.1 Å². The van der Waals surface area contributed by atoms with Crippen molar-refractivity contribution in [2.24, 2.45) is 0 Å². The third-order valence-electron chi connectivity index (χ3n) is 3.47. The smallest absolute Gasteiger partial charge is 0.251 e. The number of nitrogens with zero attached hydrogens (tertiary/aromatic N) is 1. The topological polar surface area (TPSA) is 49.4 Å². The zero-order chi connectivity index (χ0) is 14.5. The molecule has 1 heterocycles. The lowest BCUT2D eigenvalue weighted by Crippen LogP contribution is -2.48. The van der Waals surface area contributed by atoms with Gasteiger partial charge in [-0.05, 0) is 44.4 Å². The number of carbonyl (C=O) groups excluding carboxylic acids is 2. The molecule has 1 unspecified atom stereocenters. The van der Waals surface area contributed by atoms with Gasteiger partial charge in [0.1, 0.15) is 6.04 Å². The van der Waals surface area contributed by atoms with Gasteiger partial charge in [0.2, 0.25) is 5.91 Å². The Hall–Kier alpha value is -1.36. The molecule has 1 N–H and O–H groups in total. The molecule has 4 nitrogen and oxygen atoms in total. The van der Waals surface area contributed by atoms with Crippen LogP contribution in [0.1, 0.15) is 36.5 Å². The fourth-order valence-electron chi connectivity index (χ4n) is 2.36. The summed E-state index contributed by atoms with van der Waals surface area (Å²) in [5, 5.41) is 2.77. The Kier molecular flexibility index (Phi) is 5.17. The Morgan fingerprint density at radius 3 is 2.60 bits per heavy atom. The number of halogens is 1. The highest BCUT2D eigenvalue weighted by Gasteiger charge is 2.23.